The SMILES string of the molecule is CCc1nncn1CCNC(=NCC1CCCO1)NCCc1ccc(F)cc1. The Kier molecular flexibility index (Phi) is 7.78. The molecule has 1 saturated heterocycles. The van der Waals surface area contributed by atoms with Crippen LogP contribution in [0, 0.1) is 5.82 Å². The van der Waals surface area contributed by atoms with Crippen LogP contribution >= 0.6 is 0 Å². The van der Waals surface area contributed by atoms with Gasteiger partial charge in [-0.2, -0.15) is 0 Å². The zero-order valence-corrected chi connectivity index (χ0v) is 16.4. The number of hydrogen-bond donors (Lipinski definition) is 2. The topological polar surface area (TPSA) is 76.4 Å². The number of halogens is 1. The van der Waals surface area contributed by atoms with E-state index in [9.17, 15) is 4.39 Å². The molecule has 0 bridgehead atoms. The molecule has 0 aliphatic carbocycles. The Hall–Kier alpha value is -2.48. The van der Waals surface area contributed by atoms with Crippen LogP contribution in [0.25, 0.3) is 0 Å². The molecule has 1 aliphatic rings. The minimum absolute atomic E-state index is 0.209. The molecule has 28 heavy (non-hydrogen) atoms. The van der Waals surface area contributed by atoms with Gasteiger partial charge >= 0.3 is 0 Å². The van der Waals surface area contributed by atoms with Crippen molar-refractivity contribution in [1.82, 2.24) is 25.4 Å². The maximum atomic E-state index is 13.0. The van der Waals surface area contributed by atoms with Crippen LogP contribution in [0.4, 0.5) is 4.39 Å². The number of aliphatic imine (C=N–C) groups is 1. The minimum atomic E-state index is -0.211. The number of rotatable bonds is 9. The molecule has 0 radical (unpaired) electrons. The number of nitrogens with zero attached hydrogens (tertiary/aromatic N) is 4. The third-order valence-electron chi connectivity index (χ3n) is 4.75. The fourth-order valence-corrected chi connectivity index (χ4v) is 3.17. The molecular weight excluding hydrogens is 359 g/mol. The van der Waals surface area contributed by atoms with Crippen LogP contribution in [0.2, 0.25) is 0 Å². The van der Waals surface area contributed by atoms with Gasteiger partial charge in [0.1, 0.15) is 18.0 Å². The van der Waals surface area contributed by atoms with Crippen molar-refractivity contribution in [3.8, 4) is 0 Å². The molecule has 2 aromatic rings. The fourth-order valence-electron chi connectivity index (χ4n) is 3.17. The Morgan fingerprint density at radius 1 is 1.29 bits per heavy atom. The molecule has 7 nitrogen and oxygen atoms in total. The number of hydrogen-bond acceptors (Lipinski definition) is 4. The van der Waals surface area contributed by atoms with Crippen LogP contribution in [0.5, 0.6) is 0 Å². The third-order valence-corrected chi connectivity index (χ3v) is 4.75. The molecule has 1 aliphatic heterocycles. The van der Waals surface area contributed by atoms with Crippen molar-refractivity contribution in [3.05, 3.63) is 47.8 Å². The van der Waals surface area contributed by atoms with Gasteiger partial charge < -0.3 is 19.9 Å². The van der Waals surface area contributed by atoms with Crippen molar-refractivity contribution in [2.45, 2.75) is 45.3 Å². The molecule has 1 atom stereocenters. The second-order valence-electron chi connectivity index (χ2n) is 6.85. The van der Waals surface area contributed by atoms with Crippen molar-refractivity contribution in [2.75, 3.05) is 26.2 Å². The summed E-state index contributed by atoms with van der Waals surface area (Å²) in [7, 11) is 0. The van der Waals surface area contributed by atoms with Crippen LogP contribution in [-0.4, -0.2) is 53.1 Å². The van der Waals surface area contributed by atoms with E-state index in [-0.39, 0.29) is 11.9 Å². The van der Waals surface area contributed by atoms with Crippen molar-refractivity contribution >= 4 is 5.96 Å². The van der Waals surface area contributed by atoms with E-state index in [4.69, 9.17) is 4.74 Å². The van der Waals surface area contributed by atoms with E-state index in [0.717, 1.165) is 69.3 Å². The van der Waals surface area contributed by atoms with E-state index < -0.39 is 0 Å². The van der Waals surface area contributed by atoms with Gasteiger partial charge in [-0.15, -0.1) is 10.2 Å². The maximum Gasteiger partial charge on any atom is 0.191 e. The monoisotopic (exact) mass is 388 g/mol. The van der Waals surface area contributed by atoms with E-state index in [1.165, 1.54) is 12.1 Å². The minimum Gasteiger partial charge on any atom is -0.376 e. The Balaban J connectivity index is 1.50. The smallest absolute Gasteiger partial charge is 0.191 e. The molecule has 3 rings (SSSR count). The summed E-state index contributed by atoms with van der Waals surface area (Å²) >= 11 is 0. The summed E-state index contributed by atoms with van der Waals surface area (Å²) in [6.07, 6.45) is 5.79. The lowest BCUT2D eigenvalue weighted by atomic mass is 10.1. The third kappa shape index (κ3) is 6.30. The number of aryl methyl sites for hydroxylation is 1. The van der Waals surface area contributed by atoms with Gasteiger partial charge in [-0.25, -0.2) is 4.39 Å². The quantitative estimate of drug-likeness (QED) is 0.507. The van der Waals surface area contributed by atoms with Crippen LogP contribution in [0.15, 0.2) is 35.6 Å². The van der Waals surface area contributed by atoms with E-state index in [1.807, 2.05) is 16.7 Å². The number of benzene rings is 1. The molecular formula is C20H29FN6O. The first-order valence-electron chi connectivity index (χ1n) is 9.99. The van der Waals surface area contributed by atoms with Gasteiger partial charge in [-0.1, -0.05) is 19.1 Å². The Morgan fingerprint density at radius 3 is 2.86 bits per heavy atom. The van der Waals surface area contributed by atoms with E-state index in [0.29, 0.717) is 6.54 Å². The average molecular weight is 388 g/mol. The van der Waals surface area contributed by atoms with Crippen molar-refractivity contribution in [3.63, 3.8) is 0 Å². The van der Waals surface area contributed by atoms with Crippen LogP contribution in [0.1, 0.15) is 31.2 Å². The summed E-state index contributed by atoms with van der Waals surface area (Å²) in [4.78, 5) is 4.68. The van der Waals surface area contributed by atoms with E-state index in [2.05, 4.69) is 32.7 Å². The Labute approximate surface area is 165 Å². The highest BCUT2D eigenvalue weighted by molar-refractivity contribution is 5.79. The van der Waals surface area contributed by atoms with E-state index >= 15 is 0 Å². The summed E-state index contributed by atoms with van der Waals surface area (Å²) < 4.78 is 20.7. The van der Waals surface area contributed by atoms with Gasteiger partial charge in [-0.05, 0) is 37.0 Å². The Bertz CT molecular complexity index is 739. The lowest BCUT2D eigenvalue weighted by Crippen LogP contribution is -2.40. The molecule has 1 unspecified atom stereocenters. The lowest BCUT2D eigenvalue weighted by Gasteiger charge is -2.15. The molecule has 2 N–H and O–H groups in total. The van der Waals surface area contributed by atoms with Gasteiger partial charge in [0.05, 0.1) is 12.6 Å². The largest absolute Gasteiger partial charge is 0.376 e. The second-order valence-corrected chi connectivity index (χ2v) is 6.85. The first kappa shape index (κ1) is 20.3. The fraction of sp³-hybridized carbons (Fsp3) is 0.550. The predicted molar refractivity (Wildman–Crippen MR) is 107 cm³/mol. The Morgan fingerprint density at radius 2 is 2.11 bits per heavy atom. The average Bonchev–Trinajstić information content (AvgIpc) is 3.38. The van der Waals surface area contributed by atoms with Crippen molar-refractivity contribution in [1.29, 1.82) is 0 Å². The first-order chi connectivity index (χ1) is 13.7. The second kappa shape index (κ2) is 10.8. The number of ether oxygens (including phenoxy) is 1. The van der Waals surface area contributed by atoms with E-state index in [1.54, 1.807) is 6.33 Å². The van der Waals surface area contributed by atoms with Gasteiger partial charge in [-0.3, -0.25) is 4.99 Å². The van der Waals surface area contributed by atoms with Gasteiger partial charge in [0.25, 0.3) is 0 Å². The molecule has 2 heterocycles. The van der Waals surface area contributed by atoms with Gasteiger partial charge in [0, 0.05) is 32.7 Å². The molecule has 1 aromatic heterocycles. The van der Waals surface area contributed by atoms with Gasteiger partial charge in [0.15, 0.2) is 5.96 Å². The molecule has 0 amide bonds. The van der Waals surface area contributed by atoms with Crippen molar-refractivity contribution in [2.24, 2.45) is 4.99 Å². The highest BCUT2D eigenvalue weighted by Crippen LogP contribution is 2.11. The molecule has 8 heteroatoms. The van der Waals surface area contributed by atoms with Crippen LogP contribution in [-0.2, 0) is 24.1 Å². The maximum absolute atomic E-state index is 13.0. The van der Waals surface area contributed by atoms with Crippen LogP contribution < -0.4 is 10.6 Å². The van der Waals surface area contributed by atoms with Gasteiger partial charge in [0.2, 0.25) is 0 Å². The molecule has 0 saturated carbocycles. The summed E-state index contributed by atoms with van der Waals surface area (Å²) in [6, 6.07) is 6.60. The normalized spacial score (nSPS) is 17.1. The number of guanidine groups is 1. The zero-order chi connectivity index (χ0) is 19.6. The predicted octanol–water partition coefficient (Wildman–Crippen LogP) is 1.94. The molecule has 1 aromatic carbocycles. The highest BCUT2D eigenvalue weighted by atomic mass is 19.1. The first-order valence-corrected chi connectivity index (χ1v) is 9.99. The summed E-state index contributed by atoms with van der Waals surface area (Å²) in [5.41, 5.74) is 1.09. The zero-order valence-electron chi connectivity index (χ0n) is 16.4. The highest BCUT2D eigenvalue weighted by Gasteiger charge is 2.15. The molecule has 0 spiro atoms. The summed E-state index contributed by atoms with van der Waals surface area (Å²) in [5.74, 6) is 1.53. The summed E-state index contributed by atoms with van der Waals surface area (Å²) in [6.45, 7) is 5.76. The molecule has 1 fully saturated rings. The standard InChI is InChI=1S/C20H29FN6O/c1-2-19-26-25-15-27(19)12-11-23-20(24-14-18-4-3-13-28-18)22-10-9-16-5-7-17(21)8-6-16/h5-8,15,18H,2-4,9-14H2,1H3,(H2,22,23,24). The number of aromatic nitrogens is 3. The summed E-state index contributed by atoms with van der Waals surface area (Å²) in [5, 5.41) is 14.8. The lowest BCUT2D eigenvalue weighted by molar-refractivity contribution is 0.117. The number of nitrogens with one attached hydrogen (secondary N) is 2. The molecule has 152 valence electrons. The van der Waals surface area contributed by atoms with Crippen molar-refractivity contribution < 1.29 is 9.13 Å². The van der Waals surface area contributed by atoms with Crippen LogP contribution in [0.3, 0.4) is 0 Å².